The maximum absolute atomic E-state index is 11.2. The van der Waals surface area contributed by atoms with Crippen LogP contribution < -0.4 is 5.73 Å². The van der Waals surface area contributed by atoms with Gasteiger partial charge in [-0.15, -0.1) is 0 Å². The zero-order valence-corrected chi connectivity index (χ0v) is 10.4. The summed E-state index contributed by atoms with van der Waals surface area (Å²) in [6, 6.07) is 8.87. The summed E-state index contributed by atoms with van der Waals surface area (Å²) in [5.74, 6) is -0.389. The minimum absolute atomic E-state index is 0.0450. The van der Waals surface area contributed by atoms with Gasteiger partial charge in [-0.25, -0.2) is 0 Å². The Morgan fingerprint density at radius 2 is 1.94 bits per heavy atom. The summed E-state index contributed by atoms with van der Waals surface area (Å²) >= 11 is 0. The van der Waals surface area contributed by atoms with Crippen LogP contribution in [0.5, 0.6) is 0 Å². The first-order chi connectivity index (χ1) is 8.22. The van der Waals surface area contributed by atoms with Crippen molar-refractivity contribution >= 4 is 5.97 Å². The molecule has 1 aromatic carbocycles. The van der Waals surface area contributed by atoms with Crippen LogP contribution >= 0.6 is 0 Å². The van der Waals surface area contributed by atoms with Gasteiger partial charge in [-0.05, 0) is 5.56 Å². The van der Waals surface area contributed by atoms with Crippen molar-refractivity contribution in [2.75, 3.05) is 6.61 Å². The zero-order chi connectivity index (χ0) is 13.1. The van der Waals surface area contributed by atoms with Crippen molar-refractivity contribution in [1.29, 1.82) is 0 Å². The number of hydrogen-bond acceptors (Lipinski definition) is 4. The summed E-state index contributed by atoms with van der Waals surface area (Å²) < 4.78 is 4.97. The Balaban J connectivity index is 0.00000121. The van der Waals surface area contributed by atoms with E-state index in [1.165, 1.54) is 0 Å². The molecule has 0 fully saturated rings. The third kappa shape index (κ3) is 7.49. The normalized spacial score (nSPS) is 11.1. The molecule has 0 amide bonds. The quantitative estimate of drug-likeness (QED) is 0.763. The lowest BCUT2D eigenvalue weighted by Gasteiger charge is -2.08. The molecule has 96 valence electrons. The second-order valence-corrected chi connectivity index (χ2v) is 3.29. The van der Waals surface area contributed by atoms with E-state index < -0.39 is 6.04 Å². The Labute approximate surface area is 102 Å². The second-order valence-electron chi connectivity index (χ2n) is 3.29. The van der Waals surface area contributed by atoms with Gasteiger partial charge in [0.25, 0.3) is 0 Å². The van der Waals surface area contributed by atoms with E-state index in [0.717, 1.165) is 5.56 Å². The number of hydrogen-bond donors (Lipinski definition) is 2. The molecule has 17 heavy (non-hydrogen) atoms. The number of carbonyl (C=O) groups excluding carboxylic acids is 1. The molecule has 0 saturated heterocycles. The molecule has 0 bridgehead atoms. The van der Waals surface area contributed by atoms with Gasteiger partial charge in [-0.2, -0.15) is 0 Å². The number of esters is 1. The summed E-state index contributed by atoms with van der Waals surface area (Å²) in [5, 5.41) is 8.64. The van der Waals surface area contributed by atoms with Crippen molar-refractivity contribution in [1.82, 2.24) is 0 Å². The highest BCUT2D eigenvalue weighted by molar-refractivity contribution is 5.70. The van der Waals surface area contributed by atoms with Gasteiger partial charge in [0.1, 0.15) is 6.61 Å². The Morgan fingerprint density at radius 1 is 1.35 bits per heavy atom. The van der Waals surface area contributed by atoms with Crippen LogP contribution in [-0.4, -0.2) is 23.7 Å². The van der Waals surface area contributed by atoms with Crippen molar-refractivity contribution in [3.63, 3.8) is 0 Å². The van der Waals surface area contributed by atoms with Gasteiger partial charge in [-0.1, -0.05) is 44.2 Å². The molecule has 0 unspecified atom stereocenters. The first-order valence-electron chi connectivity index (χ1n) is 5.78. The number of ether oxygens (including phenoxy) is 1. The summed E-state index contributed by atoms with van der Waals surface area (Å²) in [5.41, 5.74) is 6.33. The van der Waals surface area contributed by atoms with Crippen molar-refractivity contribution in [2.24, 2.45) is 5.73 Å². The molecular weight excluding hydrogens is 218 g/mol. The average molecular weight is 239 g/mol. The van der Waals surface area contributed by atoms with E-state index in [1.54, 1.807) is 0 Å². The third-order valence-electron chi connectivity index (χ3n) is 1.91. The SMILES string of the molecule is CC.N[C@@H](CO)CC(=O)OCc1ccccc1. The Hall–Kier alpha value is -1.39. The lowest BCUT2D eigenvalue weighted by atomic mass is 10.2. The molecule has 0 aliphatic rings. The molecule has 1 atom stereocenters. The van der Waals surface area contributed by atoms with Crippen molar-refractivity contribution in [3.8, 4) is 0 Å². The van der Waals surface area contributed by atoms with E-state index >= 15 is 0 Å². The highest BCUT2D eigenvalue weighted by atomic mass is 16.5. The number of aliphatic hydroxyl groups excluding tert-OH is 1. The van der Waals surface area contributed by atoms with Crippen LogP contribution in [-0.2, 0) is 16.1 Å². The van der Waals surface area contributed by atoms with Crippen LogP contribution in [0, 0.1) is 0 Å². The first kappa shape index (κ1) is 15.6. The first-order valence-corrected chi connectivity index (χ1v) is 5.78. The molecule has 0 heterocycles. The average Bonchev–Trinajstić information content (AvgIpc) is 2.40. The van der Waals surface area contributed by atoms with Gasteiger partial charge in [0.15, 0.2) is 0 Å². The van der Waals surface area contributed by atoms with Crippen molar-refractivity contribution < 1.29 is 14.6 Å². The summed E-state index contributed by atoms with van der Waals surface area (Å²) in [6.45, 7) is 4.04. The van der Waals surface area contributed by atoms with Gasteiger partial charge in [0, 0.05) is 6.04 Å². The van der Waals surface area contributed by atoms with Crippen LogP contribution in [0.1, 0.15) is 25.8 Å². The number of aliphatic hydroxyl groups is 1. The van der Waals surface area contributed by atoms with Crippen molar-refractivity contribution in [3.05, 3.63) is 35.9 Å². The van der Waals surface area contributed by atoms with Crippen LogP contribution in [0.3, 0.4) is 0 Å². The minimum Gasteiger partial charge on any atom is -0.461 e. The number of carbonyl (C=O) groups is 1. The monoisotopic (exact) mass is 239 g/mol. The molecule has 0 saturated carbocycles. The molecule has 0 aliphatic carbocycles. The maximum atomic E-state index is 11.2. The molecule has 1 aromatic rings. The molecule has 0 spiro atoms. The molecular formula is C13H21NO3. The van der Waals surface area contributed by atoms with E-state index in [0.29, 0.717) is 0 Å². The Bertz CT molecular complexity index is 301. The Kier molecular flexibility index (Phi) is 9.01. The number of rotatable bonds is 5. The van der Waals surface area contributed by atoms with Gasteiger partial charge >= 0.3 is 5.97 Å². The van der Waals surface area contributed by atoms with Gasteiger partial charge < -0.3 is 15.6 Å². The summed E-state index contributed by atoms with van der Waals surface area (Å²) in [6.07, 6.45) is 0.0450. The van der Waals surface area contributed by atoms with E-state index in [-0.39, 0.29) is 25.6 Å². The zero-order valence-electron chi connectivity index (χ0n) is 10.4. The lowest BCUT2D eigenvalue weighted by Crippen LogP contribution is -2.28. The maximum Gasteiger partial charge on any atom is 0.307 e. The fraction of sp³-hybridized carbons (Fsp3) is 0.462. The molecule has 1 rings (SSSR count). The number of nitrogens with two attached hydrogens (primary N) is 1. The minimum atomic E-state index is -0.534. The smallest absolute Gasteiger partial charge is 0.307 e. The predicted molar refractivity (Wildman–Crippen MR) is 67.3 cm³/mol. The second kappa shape index (κ2) is 9.81. The summed E-state index contributed by atoms with van der Waals surface area (Å²) in [4.78, 5) is 11.2. The predicted octanol–water partition coefficient (Wildman–Crippen LogP) is 1.47. The van der Waals surface area contributed by atoms with Gasteiger partial charge in [0.2, 0.25) is 0 Å². The van der Waals surface area contributed by atoms with E-state index in [4.69, 9.17) is 15.6 Å². The summed E-state index contributed by atoms with van der Waals surface area (Å²) in [7, 11) is 0. The fourth-order valence-electron chi connectivity index (χ4n) is 1.08. The lowest BCUT2D eigenvalue weighted by molar-refractivity contribution is -0.145. The largest absolute Gasteiger partial charge is 0.461 e. The Morgan fingerprint density at radius 3 is 2.47 bits per heavy atom. The topological polar surface area (TPSA) is 72.5 Å². The molecule has 0 aliphatic heterocycles. The van der Waals surface area contributed by atoms with Gasteiger partial charge in [0.05, 0.1) is 13.0 Å². The molecule has 4 nitrogen and oxygen atoms in total. The fourth-order valence-corrected chi connectivity index (χ4v) is 1.08. The van der Waals surface area contributed by atoms with Crippen LogP contribution in [0.2, 0.25) is 0 Å². The molecule has 4 heteroatoms. The third-order valence-corrected chi connectivity index (χ3v) is 1.91. The van der Waals surface area contributed by atoms with E-state index in [9.17, 15) is 4.79 Å². The van der Waals surface area contributed by atoms with E-state index in [2.05, 4.69) is 0 Å². The standard InChI is InChI=1S/C11H15NO3.C2H6/c12-10(7-13)6-11(14)15-8-9-4-2-1-3-5-9;1-2/h1-5,10,13H,6-8,12H2;1-2H3/t10-;/m1./s1. The highest BCUT2D eigenvalue weighted by Gasteiger charge is 2.09. The van der Waals surface area contributed by atoms with Crippen LogP contribution in [0.4, 0.5) is 0 Å². The van der Waals surface area contributed by atoms with E-state index in [1.807, 2.05) is 44.2 Å². The molecule has 0 aromatic heterocycles. The van der Waals surface area contributed by atoms with Crippen LogP contribution in [0.15, 0.2) is 30.3 Å². The van der Waals surface area contributed by atoms with Crippen LogP contribution in [0.25, 0.3) is 0 Å². The van der Waals surface area contributed by atoms with Gasteiger partial charge in [-0.3, -0.25) is 4.79 Å². The molecule has 0 radical (unpaired) electrons. The van der Waals surface area contributed by atoms with Crippen molar-refractivity contribution in [2.45, 2.75) is 32.9 Å². The highest BCUT2D eigenvalue weighted by Crippen LogP contribution is 2.02. The number of benzene rings is 1. The molecule has 3 N–H and O–H groups in total.